The van der Waals surface area contributed by atoms with Crippen LogP contribution in [-0.2, 0) is 16.3 Å². The van der Waals surface area contributed by atoms with Gasteiger partial charge in [0.2, 0.25) is 0 Å². The first kappa shape index (κ1) is 16.3. The lowest BCUT2D eigenvalue weighted by Crippen LogP contribution is -2.05. The Bertz CT molecular complexity index is 737. The normalized spacial score (nSPS) is 13.1. The third-order valence-electron chi connectivity index (χ3n) is 3.13. The Morgan fingerprint density at radius 1 is 1.10 bits per heavy atom. The van der Waals surface area contributed by atoms with Crippen LogP contribution in [0.4, 0.5) is 0 Å². The van der Waals surface area contributed by atoms with Gasteiger partial charge < -0.3 is 5.11 Å². The van der Waals surface area contributed by atoms with E-state index in [1.807, 2.05) is 0 Å². The molecule has 0 aliphatic rings. The summed E-state index contributed by atoms with van der Waals surface area (Å²) >= 11 is 12.1. The molecule has 0 aliphatic carbocycles. The van der Waals surface area contributed by atoms with Crippen LogP contribution >= 0.6 is 23.2 Å². The predicted molar refractivity (Wildman–Crippen MR) is 84.7 cm³/mol. The van der Waals surface area contributed by atoms with Crippen molar-refractivity contribution in [1.82, 2.24) is 0 Å². The van der Waals surface area contributed by atoms with Crippen molar-refractivity contribution in [2.24, 2.45) is 0 Å². The van der Waals surface area contributed by atoms with Crippen molar-refractivity contribution in [2.45, 2.75) is 17.4 Å². The summed E-state index contributed by atoms with van der Waals surface area (Å²) in [6, 6.07) is 11.3. The van der Waals surface area contributed by atoms with Crippen LogP contribution in [0.5, 0.6) is 0 Å². The van der Waals surface area contributed by atoms with Crippen molar-refractivity contribution in [3.05, 3.63) is 63.6 Å². The molecule has 6 heteroatoms. The number of hydrogen-bond donors (Lipinski definition) is 1. The molecule has 0 amide bonds. The molecule has 0 saturated heterocycles. The zero-order valence-electron chi connectivity index (χ0n) is 11.3. The number of sulfone groups is 1. The van der Waals surface area contributed by atoms with Gasteiger partial charge in [0.25, 0.3) is 0 Å². The average molecular weight is 345 g/mol. The fourth-order valence-corrected chi connectivity index (χ4v) is 3.22. The summed E-state index contributed by atoms with van der Waals surface area (Å²) in [5, 5.41) is 11.2. The fourth-order valence-electron chi connectivity index (χ4n) is 1.99. The molecule has 0 bridgehead atoms. The zero-order valence-corrected chi connectivity index (χ0v) is 13.6. The Morgan fingerprint density at radius 2 is 1.67 bits per heavy atom. The Hall–Kier alpha value is -1.07. The largest absolute Gasteiger partial charge is 0.388 e. The smallest absolute Gasteiger partial charge is 0.175 e. The Morgan fingerprint density at radius 3 is 2.24 bits per heavy atom. The standard InChI is InChI=1S/C15H14Cl2O3S/c1-21(19,20)11-5-2-4-10(8-11)15(18)9-12-13(16)6-3-7-14(12)17/h2-8,15,18H,9H2,1H3. The monoisotopic (exact) mass is 344 g/mol. The molecule has 0 saturated carbocycles. The maximum atomic E-state index is 11.6. The summed E-state index contributed by atoms with van der Waals surface area (Å²) in [5.41, 5.74) is 1.15. The lowest BCUT2D eigenvalue weighted by Gasteiger charge is -2.14. The first-order valence-corrected chi connectivity index (χ1v) is 8.85. The molecule has 1 N–H and O–H groups in total. The molecule has 0 aliphatic heterocycles. The fraction of sp³-hybridized carbons (Fsp3) is 0.200. The van der Waals surface area contributed by atoms with E-state index in [1.165, 1.54) is 12.1 Å². The molecular formula is C15H14Cl2O3S. The van der Waals surface area contributed by atoms with E-state index in [4.69, 9.17) is 23.2 Å². The molecule has 0 spiro atoms. The first-order chi connectivity index (χ1) is 9.79. The first-order valence-electron chi connectivity index (χ1n) is 6.20. The number of hydrogen-bond acceptors (Lipinski definition) is 3. The highest BCUT2D eigenvalue weighted by atomic mass is 35.5. The van der Waals surface area contributed by atoms with E-state index >= 15 is 0 Å². The Labute approximate surface area is 134 Å². The molecule has 0 fully saturated rings. The zero-order chi connectivity index (χ0) is 15.6. The molecule has 0 heterocycles. The van der Waals surface area contributed by atoms with E-state index in [0.29, 0.717) is 21.2 Å². The third-order valence-corrected chi connectivity index (χ3v) is 4.95. The highest BCUT2D eigenvalue weighted by Gasteiger charge is 2.16. The predicted octanol–water partition coefficient (Wildman–Crippen LogP) is 3.67. The molecule has 0 radical (unpaired) electrons. The summed E-state index contributed by atoms with van der Waals surface area (Å²) in [6.45, 7) is 0. The van der Waals surface area contributed by atoms with Gasteiger partial charge >= 0.3 is 0 Å². The van der Waals surface area contributed by atoms with Crippen LogP contribution in [0.15, 0.2) is 47.4 Å². The van der Waals surface area contributed by atoms with Gasteiger partial charge in [-0.15, -0.1) is 0 Å². The highest BCUT2D eigenvalue weighted by Crippen LogP contribution is 2.29. The molecule has 0 aromatic heterocycles. The molecule has 2 aromatic carbocycles. The number of rotatable bonds is 4. The molecule has 1 unspecified atom stereocenters. The van der Waals surface area contributed by atoms with Crippen molar-refractivity contribution in [3.8, 4) is 0 Å². The van der Waals surface area contributed by atoms with E-state index in [1.54, 1.807) is 30.3 Å². The highest BCUT2D eigenvalue weighted by molar-refractivity contribution is 7.90. The molecule has 2 rings (SSSR count). The molecule has 112 valence electrons. The van der Waals surface area contributed by atoms with Crippen molar-refractivity contribution >= 4 is 33.0 Å². The van der Waals surface area contributed by atoms with E-state index in [9.17, 15) is 13.5 Å². The summed E-state index contributed by atoms with van der Waals surface area (Å²) in [6.07, 6.45) is 0.457. The molecule has 2 aromatic rings. The van der Waals surface area contributed by atoms with E-state index in [0.717, 1.165) is 6.26 Å². The number of halogens is 2. The quantitative estimate of drug-likeness (QED) is 0.920. The summed E-state index contributed by atoms with van der Waals surface area (Å²) in [4.78, 5) is 0.171. The lowest BCUT2D eigenvalue weighted by molar-refractivity contribution is 0.178. The van der Waals surface area contributed by atoms with Gasteiger partial charge in [0, 0.05) is 22.7 Å². The van der Waals surface area contributed by atoms with E-state index in [2.05, 4.69) is 0 Å². The van der Waals surface area contributed by atoms with Gasteiger partial charge in [-0.05, 0) is 35.4 Å². The Balaban J connectivity index is 2.31. The molecule has 1 atom stereocenters. The van der Waals surface area contributed by atoms with E-state index in [-0.39, 0.29) is 11.3 Å². The van der Waals surface area contributed by atoms with Crippen LogP contribution in [0.25, 0.3) is 0 Å². The number of benzene rings is 2. The minimum atomic E-state index is -3.31. The van der Waals surface area contributed by atoms with Gasteiger partial charge in [0.05, 0.1) is 11.0 Å². The van der Waals surface area contributed by atoms with Crippen LogP contribution in [-0.4, -0.2) is 19.8 Å². The topological polar surface area (TPSA) is 54.4 Å². The minimum Gasteiger partial charge on any atom is -0.388 e. The lowest BCUT2D eigenvalue weighted by atomic mass is 10.0. The van der Waals surface area contributed by atoms with Gasteiger partial charge in [-0.2, -0.15) is 0 Å². The molecule has 3 nitrogen and oxygen atoms in total. The second-order valence-corrected chi connectivity index (χ2v) is 7.59. The van der Waals surface area contributed by atoms with Crippen LogP contribution in [0.1, 0.15) is 17.2 Å². The van der Waals surface area contributed by atoms with Crippen LogP contribution in [0.2, 0.25) is 10.0 Å². The minimum absolute atomic E-state index is 0.171. The third kappa shape index (κ3) is 3.98. The summed E-state index contributed by atoms with van der Waals surface area (Å²) < 4.78 is 23.1. The second kappa shape index (κ2) is 6.36. The number of aliphatic hydroxyl groups excluding tert-OH is 1. The van der Waals surface area contributed by atoms with Gasteiger partial charge in [0.1, 0.15) is 0 Å². The van der Waals surface area contributed by atoms with Crippen molar-refractivity contribution < 1.29 is 13.5 Å². The van der Waals surface area contributed by atoms with Gasteiger partial charge in [-0.1, -0.05) is 41.4 Å². The van der Waals surface area contributed by atoms with Gasteiger partial charge in [-0.25, -0.2) is 8.42 Å². The SMILES string of the molecule is CS(=O)(=O)c1cccc(C(O)Cc2c(Cl)cccc2Cl)c1. The van der Waals surface area contributed by atoms with Gasteiger partial charge in [-0.3, -0.25) is 0 Å². The maximum Gasteiger partial charge on any atom is 0.175 e. The summed E-state index contributed by atoms with van der Waals surface area (Å²) in [7, 11) is -3.31. The maximum absolute atomic E-state index is 11.6. The molecular weight excluding hydrogens is 331 g/mol. The van der Waals surface area contributed by atoms with Crippen molar-refractivity contribution in [3.63, 3.8) is 0 Å². The van der Waals surface area contributed by atoms with Crippen LogP contribution in [0, 0.1) is 0 Å². The summed E-state index contributed by atoms with van der Waals surface area (Å²) in [5.74, 6) is 0. The van der Waals surface area contributed by atoms with Crippen molar-refractivity contribution in [2.75, 3.05) is 6.26 Å². The van der Waals surface area contributed by atoms with Crippen LogP contribution < -0.4 is 0 Å². The average Bonchev–Trinajstić information content (AvgIpc) is 2.42. The Kier molecular flexibility index (Phi) is 4.94. The molecule has 21 heavy (non-hydrogen) atoms. The van der Waals surface area contributed by atoms with Gasteiger partial charge in [0.15, 0.2) is 9.84 Å². The van der Waals surface area contributed by atoms with E-state index < -0.39 is 15.9 Å². The van der Waals surface area contributed by atoms with Crippen molar-refractivity contribution in [1.29, 1.82) is 0 Å². The van der Waals surface area contributed by atoms with Crippen LogP contribution in [0.3, 0.4) is 0 Å². The second-order valence-electron chi connectivity index (χ2n) is 4.76. The number of aliphatic hydroxyl groups is 1.